The van der Waals surface area contributed by atoms with Crippen LogP contribution in [0.15, 0.2) is 22.8 Å². The van der Waals surface area contributed by atoms with Crippen LogP contribution >= 0.6 is 0 Å². The van der Waals surface area contributed by atoms with Crippen LogP contribution in [-0.4, -0.2) is 53.2 Å². The molecule has 2 aliphatic heterocycles. The molecule has 9 nitrogen and oxygen atoms in total. The number of carbonyl (C=O) groups is 3. The summed E-state index contributed by atoms with van der Waals surface area (Å²) in [5.74, 6) is -0.914. The first-order chi connectivity index (χ1) is 12.1. The van der Waals surface area contributed by atoms with Crippen LogP contribution in [0.2, 0.25) is 0 Å². The number of rotatable bonds is 5. The summed E-state index contributed by atoms with van der Waals surface area (Å²) in [5, 5.41) is 4.17. The smallest absolute Gasteiger partial charge is 0.245 e. The number of hydrogen-bond acceptors (Lipinski definition) is 6. The van der Waals surface area contributed by atoms with Crippen molar-refractivity contribution in [3.8, 4) is 0 Å². The summed E-state index contributed by atoms with van der Waals surface area (Å²) in [6.45, 7) is 4.52. The molecule has 0 aliphatic carbocycles. The van der Waals surface area contributed by atoms with Crippen LogP contribution in [0.5, 0.6) is 0 Å². The van der Waals surface area contributed by atoms with Crippen LogP contribution in [0, 0.1) is 0 Å². The second-order valence-corrected chi connectivity index (χ2v) is 9.72. The molecule has 2 N–H and O–H groups in total. The molecule has 0 radical (unpaired) electrons. The van der Waals surface area contributed by atoms with Crippen molar-refractivity contribution >= 4 is 27.6 Å². The lowest BCUT2D eigenvalue weighted by Gasteiger charge is -2.37. The highest BCUT2D eigenvalue weighted by molar-refractivity contribution is 7.93. The highest BCUT2D eigenvalue weighted by atomic mass is 32.2. The average molecular weight is 383 g/mol. The van der Waals surface area contributed by atoms with Gasteiger partial charge in [0.1, 0.15) is 23.2 Å². The Bertz CT molecular complexity index is 845. The summed E-state index contributed by atoms with van der Waals surface area (Å²) >= 11 is 0. The van der Waals surface area contributed by atoms with Crippen molar-refractivity contribution < 1.29 is 27.2 Å². The predicted octanol–water partition coefficient (Wildman–Crippen LogP) is -0.465. The Balaban J connectivity index is 1.67. The maximum Gasteiger partial charge on any atom is 0.245 e. The summed E-state index contributed by atoms with van der Waals surface area (Å²) in [5.41, 5.74) is 0. The number of sulfone groups is 1. The lowest BCUT2D eigenvalue weighted by molar-refractivity contribution is -0.150. The molecule has 26 heavy (non-hydrogen) atoms. The van der Waals surface area contributed by atoms with Gasteiger partial charge in [0.15, 0.2) is 9.84 Å². The number of amides is 3. The van der Waals surface area contributed by atoms with E-state index in [4.69, 9.17) is 4.42 Å². The molecule has 2 aliphatic rings. The van der Waals surface area contributed by atoms with Gasteiger partial charge in [-0.1, -0.05) is 0 Å². The Morgan fingerprint density at radius 2 is 2.12 bits per heavy atom. The zero-order chi connectivity index (χ0) is 19.3. The Hall–Kier alpha value is -2.36. The number of nitrogens with zero attached hydrogens (tertiary/aromatic N) is 1. The monoisotopic (exact) mass is 383 g/mol. The zero-order valence-electron chi connectivity index (χ0n) is 14.7. The molecule has 1 aromatic rings. The van der Waals surface area contributed by atoms with E-state index >= 15 is 0 Å². The highest BCUT2D eigenvalue weighted by Gasteiger charge is 2.67. The van der Waals surface area contributed by atoms with Crippen molar-refractivity contribution in [2.24, 2.45) is 0 Å². The van der Waals surface area contributed by atoms with E-state index in [2.05, 4.69) is 10.6 Å². The maximum absolute atomic E-state index is 12.7. The van der Waals surface area contributed by atoms with Crippen molar-refractivity contribution in [1.29, 1.82) is 0 Å². The predicted molar refractivity (Wildman–Crippen MR) is 90.2 cm³/mol. The lowest BCUT2D eigenvalue weighted by Crippen LogP contribution is -2.61. The SMILES string of the molecule is CC(NC(=O)C1N2C(=O)CC2S(=O)(=O)C1(C)C)C(=O)NCc1ccco1. The fourth-order valence-corrected chi connectivity index (χ4v) is 5.49. The van der Waals surface area contributed by atoms with Crippen LogP contribution in [-0.2, 0) is 30.8 Å². The number of fused-ring (bicyclic) bond motifs is 1. The average Bonchev–Trinajstić information content (AvgIpc) is 3.10. The fourth-order valence-electron chi connectivity index (χ4n) is 3.35. The van der Waals surface area contributed by atoms with Gasteiger partial charge < -0.3 is 20.0 Å². The first-order valence-electron chi connectivity index (χ1n) is 8.22. The number of nitrogens with one attached hydrogen (secondary N) is 2. The summed E-state index contributed by atoms with van der Waals surface area (Å²) in [6, 6.07) is 1.34. The van der Waals surface area contributed by atoms with Crippen LogP contribution in [0.4, 0.5) is 0 Å². The van der Waals surface area contributed by atoms with E-state index in [-0.39, 0.29) is 18.9 Å². The summed E-state index contributed by atoms with van der Waals surface area (Å²) in [4.78, 5) is 37.8. The van der Waals surface area contributed by atoms with Crippen LogP contribution in [0.3, 0.4) is 0 Å². The van der Waals surface area contributed by atoms with Gasteiger partial charge in [-0.2, -0.15) is 0 Å². The number of carbonyl (C=O) groups excluding carboxylic acids is 3. The molecule has 2 fully saturated rings. The van der Waals surface area contributed by atoms with Gasteiger partial charge in [-0.05, 0) is 32.9 Å². The van der Waals surface area contributed by atoms with Crippen molar-refractivity contribution in [3.63, 3.8) is 0 Å². The van der Waals surface area contributed by atoms with E-state index in [1.807, 2.05) is 0 Å². The molecule has 2 saturated heterocycles. The van der Waals surface area contributed by atoms with Gasteiger partial charge in [0.05, 0.1) is 24.0 Å². The van der Waals surface area contributed by atoms with Gasteiger partial charge in [0, 0.05) is 0 Å². The third kappa shape index (κ3) is 2.68. The molecule has 3 atom stereocenters. The molecule has 0 saturated carbocycles. The highest BCUT2D eigenvalue weighted by Crippen LogP contribution is 2.45. The number of β-lactam (4-membered cyclic amide) rings is 1. The summed E-state index contributed by atoms with van der Waals surface area (Å²) in [6.07, 6.45) is 1.38. The first kappa shape index (κ1) is 18.4. The minimum Gasteiger partial charge on any atom is -0.467 e. The molecule has 3 amide bonds. The van der Waals surface area contributed by atoms with Crippen molar-refractivity contribution in [2.75, 3.05) is 0 Å². The van der Waals surface area contributed by atoms with Gasteiger partial charge in [-0.25, -0.2) is 8.42 Å². The second kappa shape index (κ2) is 6.11. The molecule has 0 spiro atoms. The Morgan fingerprint density at radius 1 is 1.42 bits per heavy atom. The van der Waals surface area contributed by atoms with Crippen molar-refractivity contribution in [3.05, 3.63) is 24.2 Å². The van der Waals surface area contributed by atoms with Crippen LogP contribution in [0.25, 0.3) is 0 Å². The van der Waals surface area contributed by atoms with E-state index in [0.29, 0.717) is 5.76 Å². The van der Waals surface area contributed by atoms with Crippen molar-refractivity contribution in [2.45, 2.75) is 55.9 Å². The number of hydrogen-bond donors (Lipinski definition) is 2. The third-order valence-corrected chi connectivity index (χ3v) is 7.79. The standard InChI is InChI=1S/C16H21N3O6S/c1-9(14(21)17-8-10-5-4-6-25-10)18-15(22)13-16(2,3)26(23,24)12-7-11(20)19(12)13/h4-6,9,12-13H,7-8H2,1-3H3,(H,17,21)(H,18,22). The molecule has 0 aromatic carbocycles. The van der Waals surface area contributed by atoms with Gasteiger partial charge in [0.2, 0.25) is 17.7 Å². The molecule has 10 heteroatoms. The third-order valence-electron chi connectivity index (χ3n) is 4.99. The van der Waals surface area contributed by atoms with Crippen LogP contribution in [0.1, 0.15) is 33.0 Å². The molecule has 3 rings (SSSR count). The quantitative estimate of drug-likeness (QED) is 0.663. The van der Waals surface area contributed by atoms with E-state index < -0.39 is 43.9 Å². The normalized spacial score (nSPS) is 26.6. The second-order valence-electron chi connectivity index (χ2n) is 7.04. The fraction of sp³-hybridized carbons (Fsp3) is 0.562. The van der Waals surface area contributed by atoms with Crippen molar-refractivity contribution in [1.82, 2.24) is 15.5 Å². The van der Waals surface area contributed by atoms with E-state index in [1.165, 1.54) is 27.0 Å². The molecule has 1 aromatic heterocycles. The molecule has 3 heterocycles. The topological polar surface area (TPSA) is 126 Å². The largest absolute Gasteiger partial charge is 0.467 e. The summed E-state index contributed by atoms with van der Waals surface area (Å²) in [7, 11) is -3.66. The number of furan rings is 1. The summed E-state index contributed by atoms with van der Waals surface area (Å²) < 4.78 is 28.7. The Kier molecular flexibility index (Phi) is 4.33. The lowest BCUT2D eigenvalue weighted by atomic mass is 9.97. The first-order valence-corrected chi connectivity index (χ1v) is 9.77. The Labute approximate surface area is 151 Å². The van der Waals surface area contributed by atoms with Gasteiger partial charge >= 0.3 is 0 Å². The Morgan fingerprint density at radius 3 is 2.69 bits per heavy atom. The molecule has 3 unspecified atom stereocenters. The van der Waals surface area contributed by atoms with Crippen LogP contribution < -0.4 is 10.6 Å². The zero-order valence-corrected chi connectivity index (χ0v) is 15.5. The maximum atomic E-state index is 12.7. The molecular formula is C16H21N3O6S. The van der Waals surface area contributed by atoms with Gasteiger partial charge in [-0.15, -0.1) is 0 Å². The molecular weight excluding hydrogens is 362 g/mol. The molecule has 0 bridgehead atoms. The van der Waals surface area contributed by atoms with E-state index in [9.17, 15) is 22.8 Å². The van der Waals surface area contributed by atoms with Gasteiger partial charge in [-0.3, -0.25) is 14.4 Å². The minimum absolute atomic E-state index is 0.102. The molecule has 142 valence electrons. The van der Waals surface area contributed by atoms with E-state index in [0.717, 1.165) is 4.90 Å². The van der Waals surface area contributed by atoms with E-state index in [1.54, 1.807) is 12.1 Å². The minimum atomic E-state index is -3.66. The van der Waals surface area contributed by atoms with Gasteiger partial charge in [0.25, 0.3) is 0 Å².